The standard InChI is InChI=1S/C19H24O6S/c1-15-4-7-17(8-5-15)26(21,22)25-13-3-12-24-18-9-6-16(10-11-20)14-19(18)23-2/h4-9,14,20H,3,10-13H2,1-2H3. The van der Waals surface area contributed by atoms with Gasteiger partial charge in [0.2, 0.25) is 0 Å². The van der Waals surface area contributed by atoms with Gasteiger partial charge in [0.25, 0.3) is 10.1 Å². The molecular weight excluding hydrogens is 356 g/mol. The molecule has 0 aliphatic heterocycles. The van der Waals surface area contributed by atoms with E-state index in [0.29, 0.717) is 30.9 Å². The number of aliphatic hydroxyl groups excluding tert-OH is 1. The topological polar surface area (TPSA) is 82.1 Å². The van der Waals surface area contributed by atoms with Crippen molar-refractivity contribution in [1.29, 1.82) is 0 Å². The van der Waals surface area contributed by atoms with Gasteiger partial charge in [0, 0.05) is 13.0 Å². The molecule has 7 heteroatoms. The van der Waals surface area contributed by atoms with E-state index >= 15 is 0 Å². The number of aliphatic hydroxyl groups is 1. The van der Waals surface area contributed by atoms with Crippen LogP contribution in [0, 0.1) is 6.92 Å². The molecule has 0 saturated carbocycles. The third-order valence-corrected chi connectivity index (χ3v) is 5.05. The second-order valence-corrected chi connectivity index (χ2v) is 7.37. The molecule has 2 rings (SSSR count). The first-order valence-corrected chi connectivity index (χ1v) is 9.74. The van der Waals surface area contributed by atoms with Crippen molar-refractivity contribution in [1.82, 2.24) is 0 Å². The fraction of sp³-hybridized carbons (Fsp3) is 0.368. The van der Waals surface area contributed by atoms with Crippen molar-refractivity contribution in [3.63, 3.8) is 0 Å². The molecule has 2 aromatic rings. The lowest BCUT2D eigenvalue weighted by Gasteiger charge is -2.12. The molecule has 6 nitrogen and oxygen atoms in total. The second-order valence-electron chi connectivity index (χ2n) is 5.75. The molecule has 142 valence electrons. The Morgan fingerprint density at radius 1 is 1.00 bits per heavy atom. The van der Waals surface area contributed by atoms with E-state index < -0.39 is 10.1 Å². The van der Waals surface area contributed by atoms with Crippen LogP contribution in [0.1, 0.15) is 17.5 Å². The highest BCUT2D eigenvalue weighted by Gasteiger charge is 2.14. The van der Waals surface area contributed by atoms with Crippen LogP contribution in [0.25, 0.3) is 0 Å². The summed E-state index contributed by atoms with van der Waals surface area (Å²) in [5, 5.41) is 8.98. The first-order valence-electron chi connectivity index (χ1n) is 8.33. The average molecular weight is 380 g/mol. The maximum Gasteiger partial charge on any atom is 0.296 e. The van der Waals surface area contributed by atoms with E-state index in [9.17, 15) is 8.42 Å². The number of hydrogen-bond donors (Lipinski definition) is 1. The Morgan fingerprint density at radius 2 is 1.73 bits per heavy atom. The van der Waals surface area contributed by atoms with E-state index in [2.05, 4.69) is 0 Å². The van der Waals surface area contributed by atoms with Gasteiger partial charge in [0.15, 0.2) is 11.5 Å². The summed E-state index contributed by atoms with van der Waals surface area (Å²) >= 11 is 0. The normalized spacial score (nSPS) is 11.3. The molecule has 0 bridgehead atoms. The molecule has 0 saturated heterocycles. The zero-order valence-corrected chi connectivity index (χ0v) is 15.8. The quantitative estimate of drug-likeness (QED) is 0.504. The third kappa shape index (κ3) is 5.72. The Morgan fingerprint density at radius 3 is 2.38 bits per heavy atom. The lowest BCUT2D eigenvalue weighted by molar-refractivity contribution is 0.243. The number of methoxy groups -OCH3 is 1. The van der Waals surface area contributed by atoms with E-state index in [4.69, 9.17) is 18.8 Å². The van der Waals surface area contributed by atoms with Crippen LogP contribution in [-0.2, 0) is 20.7 Å². The van der Waals surface area contributed by atoms with E-state index in [0.717, 1.165) is 11.1 Å². The van der Waals surface area contributed by atoms with Crippen LogP contribution < -0.4 is 9.47 Å². The lowest BCUT2D eigenvalue weighted by atomic mass is 10.1. The van der Waals surface area contributed by atoms with Gasteiger partial charge in [-0.2, -0.15) is 8.42 Å². The SMILES string of the molecule is COc1cc(CCO)ccc1OCCCOS(=O)(=O)c1ccc(C)cc1. The van der Waals surface area contributed by atoms with E-state index in [1.165, 1.54) is 12.1 Å². The van der Waals surface area contributed by atoms with Crippen molar-refractivity contribution in [2.24, 2.45) is 0 Å². The summed E-state index contributed by atoms with van der Waals surface area (Å²) in [6, 6.07) is 11.9. The monoisotopic (exact) mass is 380 g/mol. The minimum absolute atomic E-state index is 0.0289. The molecule has 0 amide bonds. The van der Waals surface area contributed by atoms with Crippen LogP contribution in [-0.4, -0.2) is 40.5 Å². The van der Waals surface area contributed by atoms with Crippen LogP contribution in [0.5, 0.6) is 11.5 Å². The van der Waals surface area contributed by atoms with E-state index in [-0.39, 0.29) is 18.1 Å². The smallest absolute Gasteiger partial charge is 0.296 e. The minimum atomic E-state index is -3.75. The Labute approximate surface area is 154 Å². The summed E-state index contributed by atoms with van der Waals surface area (Å²) in [5.74, 6) is 1.14. The maximum absolute atomic E-state index is 12.1. The molecule has 0 aliphatic rings. The molecule has 0 spiro atoms. The molecule has 2 aromatic carbocycles. The molecule has 0 fully saturated rings. The molecule has 0 unspecified atom stereocenters. The zero-order valence-electron chi connectivity index (χ0n) is 15.0. The predicted molar refractivity (Wildman–Crippen MR) is 98.2 cm³/mol. The van der Waals surface area contributed by atoms with Crippen molar-refractivity contribution in [2.75, 3.05) is 26.9 Å². The lowest BCUT2D eigenvalue weighted by Crippen LogP contribution is -2.10. The molecule has 0 aromatic heterocycles. The third-order valence-electron chi connectivity index (χ3n) is 3.72. The van der Waals surface area contributed by atoms with Crippen molar-refractivity contribution in [3.05, 3.63) is 53.6 Å². The Kier molecular flexibility index (Phi) is 7.44. The molecular formula is C19H24O6S. The first kappa shape index (κ1) is 20.2. The van der Waals surface area contributed by atoms with Gasteiger partial charge in [-0.15, -0.1) is 0 Å². The summed E-state index contributed by atoms with van der Waals surface area (Å²) in [6.45, 7) is 2.27. The van der Waals surface area contributed by atoms with Crippen LogP contribution >= 0.6 is 0 Å². The number of aryl methyl sites for hydroxylation is 1. The van der Waals surface area contributed by atoms with Gasteiger partial charge in [0.05, 0.1) is 25.2 Å². The highest BCUT2D eigenvalue weighted by Crippen LogP contribution is 2.28. The Balaban J connectivity index is 1.82. The van der Waals surface area contributed by atoms with Gasteiger partial charge in [-0.05, 0) is 43.2 Å². The minimum Gasteiger partial charge on any atom is -0.493 e. The second kappa shape index (κ2) is 9.56. The number of ether oxygens (including phenoxy) is 2. The number of hydrogen-bond acceptors (Lipinski definition) is 6. The average Bonchev–Trinajstić information content (AvgIpc) is 2.63. The van der Waals surface area contributed by atoms with Crippen molar-refractivity contribution in [2.45, 2.75) is 24.7 Å². The molecule has 0 aliphatic carbocycles. The van der Waals surface area contributed by atoms with Gasteiger partial charge >= 0.3 is 0 Å². The molecule has 0 heterocycles. The summed E-state index contributed by atoms with van der Waals surface area (Å²) < 4.78 is 40.1. The first-order chi connectivity index (χ1) is 12.5. The summed E-state index contributed by atoms with van der Waals surface area (Å²) in [5.41, 5.74) is 1.93. The van der Waals surface area contributed by atoms with Gasteiger partial charge in [-0.3, -0.25) is 4.18 Å². The number of benzene rings is 2. The highest BCUT2D eigenvalue weighted by atomic mass is 32.2. The van der Waals surface area contributed by atoms with Crippen molar-refractivity contribution < 1.29 is 27.2 Å². The van der Waals surface area contributed by atoms with Crippen LogP contribution in [0.2, 0.25) is 0 Å². The highest BCUT2D eigenvalue weighted by molar-refractivity contribution is 7.86. The van der Waals surface area contributed by atoms with Crippen molar-refractivity contribution >= 4 is 10.1 Å². The van der Waals surface area contributed by atoms with Gasteiger partial charge in [-0.25, -0.2) is 0 Å². The summed E-state index contributed by atoms with van der Waals surface area (Å²) in [7, 11) is -2.21. The predicted octanol–water partition coefficient (Wildman–Crippen LogP) is 2.71. The van der Waals surface area contributed by atoms with Crippen LogP contribution in [0.15, 0.2) is 47.4 Å². The maximum atomic E-state index is 12.1. The van der Waals surface area contributed by atoms with Gasteiger partial charge in [-0.1, -0.05) is 23.8 Å². The fourth-order valence-corrected chi connectivity index (χ4v) is 3.24. The zero-order chi connectivity index (χ0) is 19.0. The largest absolute Gasteiger partial charge is 0.493 e. The van der Waals surface area contributed by atoms with Gasteiger partial charge < -0.3 is 14.6 Å². The van der Waals surface area contributed by atoms with E-state index in [1.54, 1.807) is 25.3 Å². The molecule has 26 heavy (non-hydrogen) atoms. The van der Waals surface area contributed by atoms with Crippen LogP contribution in [0.3, 0.4) is 0 Å². The van der Waals surface area contributed by atoms with Gasteiger partial charge in [0.1, 0.15) is 0 Å². The Hall–Kier alpha value is -2.09. The molecule has 0 atom stereocenters. The number of rotatable bonds is 10. The van der Waals surface area contributed by atoms with Crippen molar-refractivity contribution in [3.8, 4) is 11.5 Å². The van der Waals surface area contributed by atoms with E-state index in [1.807, 2.05) is 19.1 Å². The van der Waals surface area contributed by atoms with Crippen LogP contribution in [0.4, 0.5) is 0 Å². The molecule has 1 N–H and O–H groups in total. The molecule has 0 radical (unpaired) electrons. The summed E-state index contributed by atoms with van der Waals surface area (Å²) in [4.78, 5) is 0.144. The fourth-order valence-electron chi connectivity index (χ4n) is 2.30. The Bertz CT molecular complexity index is 799. The summed E-state index contributed by atoms with van der Waals surface area (Å²) in [6.07, 6.45) is 0.952.